The predicted octanol–water partition coefficient (Wildman–Crippen LogP) is 3.04. The predicted molar refractivity (Wildman–Crippen MR) is 135 cm³/mol. The Hall–Kier alpha value is -2.59. The topological polar surface area (TPSA) is 133 Å². The normalized spacial score (nSPS) is 23.6. The number of rotatable bonds is 9. The van der Waals surface area contributed by atoms with Crippen LogP contribution in [0, 0.1) is 17.5 Å². The third kappa shape index (κ3) is 6.33. The first-order valence-corrected chi connectivity index (χ1v) is 13.7. The molecule has 3 aromatic rings. The molecule has 0 saturated carbocycles. The second-order valence-corrected chi connectivity index (χ2v) is 10.8. The standard InChI is InChI=1S/C24H22Cl2F3N3O7S/c1-2-37-19(34)10-38-23-21(32-8-17(30-31-32)11-5-15(27)20(29)16(28)6-11)22(35)18(9-33)39-24(23)40(36)12-3-4-13(25)14(26)7-12/h3-8,18,21-24,33,35H,2,9-10H2,1H3/t18-,21+,22+,23-,24-,40+/m1/s1. The maximum Gasteiger partial charge on any atom is 0.332 e. The third-order valence-electron chi connectivity index (χ3n) is 5.95. The molecule has 2 aromatic carbocycles. The lowest BCUT2D eigenvalue weighted by Gasteiger charge is -2.43. The monoisotopic (exact) mass is 623 g/mol. The molecular formula is C24H22Cl2F3N3O7S. The number of benzene rings is 2. The van der Waals surface area contributed by atoms with Crippen LogP contribution in [0.4, 0.5) is 13.2 Å². The summed E-state index contributed by atoms with van der Waals surface area (Å²) in [6, 6.07) is 4.30. The van der Waals surface area contributed by atoms with E-state index in [-0.39, 0.29) is 32.8 Å². The number of halogens is 5. The van der Waals surface area contributed by atoms with Crippen LogP contribution in [-0.2, 0) is 29.8 Å². The minimum atomic E-state index is -2.07. The minimum absolute atomic E-state index is 0.0534. The number of carbonyl (C=O) groups is 1. The Balaban J connectivity index is 1.76. The van der Waals surface area contributed by atoms with Gasteiger partial charge in [-0.05, 0) is 37.3 Å². The van der Waals surface area contributed by atoms with Gasteiger partial charge in [-0.15, -0.1) is 5.10 Å². The van der Waals surface area contributed by atoms with Crippen LogP contribution < -0.4 is 0 Å². The quantitative estimate of drug-likeness (QED) is 0.272. The first-order chi connectivity index (χ1) is 19.0. The molecule has 10 nitrogen and oxygen atoms in total. The van der Waals surface area contributed by atoms with Gasteiger partial charge in [0.25, 0.3) is 0 Å². The van der Waals surface area contributed by atoms with Crippen LogP contribution in [0.3, 0.4) is 0 Å². The van der Waals surface area contributed by atoms with E-state index in [9.17, 15) is 32.4 Å². The van der Waals surface area contributed by atoms with Crippen molar-refractivity contribution >= 4 is 40.0 Å². The number of nitrogens with zero attached hydrogens (tertiary/aromatic N) is 3. The fourth-order valence-electron chi connectivity index (χ4n) is 4.07. The van der Waals surface area contributed by atoms with Crippen molar-refractivity contribution in [3.63, 3.8) is 0 Å². The average molecular weight is 624 g/mol. The number of aromatic nitrogens is 3. The summed E-state index contributed by atoms with van der Waals surface area (Å²) < 4.78 is 72.3. The molecule has 0 bridgehead atoms. The Morgan fingerprint density at radius 2 is 1.88 bits per heavy atom. The van der Waals surface area contributed by atoms with E-state index in [1.807, 2.05) is 0 Å². The van der Waals surface area contributed by atoms with Crippen LogP contribution in [0.25, 0.3) is 11.3 Å². The molecule has 216 valence electrons. The van der Waals surface area contributed by atoms with E-state index in [0.29, 0.717) is 12.1 Å². The molecule has 1 aliphatic heterocycles. The van der Waals surface area contributed by atoms with Gasteiger partial charge in [0.15, 0.2) is 22.9 Å². The van der Waals surface area contributed by atoms with Gasteiger partial charge in [-0.25, -0.2) is 22.6 Å². The van der Waals surface area contributed by atoms with Crippen molar-refractivity contribution in [2.75, 3.05) is 19.8 Å². The molecule has 40 heavy (non-hydrogen) atoms. The SMILES string of the molecule is CCOC(=O)CO[C@@H]1[C@@H](n2cc(-c3cc(F)c(F)c(F)c3)nn2)[C@@H](O)[C@@H](CO)O[C@@H]1[S@@](=O)c1ccc(Cl)c(Cl)c1. The molecule has 1 aromatic heterocycles. The van der Waals surface area contributed by atoms with E-state index in [2.05, 4.69) is 10.3 Å². The van der Waals surface area contributed by atoms with E-state index < -0.39 is 77.2 Å². The highest BCUT2D eigenvalue weighted by atomic mass is 35.5. The van der Waals surface area contributed by atoms with E-state index in [4.69, 9.17) is 37.4 Å². The molecule has 0 radical (unpaired) electrons. The van der Waals surface area contributed by atoms with Crippen LogP contribution >= 0.6 is 23.2 Å². The lowest BCUT2D eigenvalue weighted by atomic mass is 9.97. The summed E-state index contributed by atoms with van der Waals surface area (Å²) in [5.41, 5.74) is -1.68. The van der Waals surface area contributed by atoms with Gasteiger partial charge in [-0.1, -0.05) is 28.4 Å². The zero-order valence-corrected chi connectivity index (χ0v) is 22.9. The lowest BCUT2D eigenvalue weighted by molar-refractivity contribution is -0.198. The third-order valence-corrected chi connectivity index (χ3v) is 8.21. The molecule has 0 spiro atoms. The number of carbonyl (C=O) groups excluding carboxylic acids is 1. The second kappa shape index (κ2) is 12.9. The van der Waals surface area contributed by atoms with E-state index in [1.165, 1.54) is 24.4 Å². The maximum atomic E-state index is 13.8. The minimum Gasteiger partial charge on any atom is -0.464 e. The first-order valence-electron chi connectivity index (χ1n) is 11.7. The molecule has 2 N–H and O–H groups in total. The van der Waals surface area contributed by atoms with Gasteiger partial charge in [0, 0.05) is 10.5 Å². The molecule has 4 rings (SSSR count). The molecule has 1 aliphatic rings. The first kappa shape index (κ1) is 30.4. The van der Waals surface area contributed by atoms with Gasteiger partial charge in [-0.3, -0.25) is 4.21 Å². The summed E-state index contributed by atoms with van der Waals surface area (Å²) in [4.78, 5) is 12.3. The second-order valence-electron chi connectivity index (χ2n) is 8.50. The van der Waals surface area contributed by atoms with Crippen molar-refractivity contribution in [3.8, 4) is 11.3 Å². The molecule has 1 fully saturated rings. The number of hydrogen-bond donors (Lipinski definition) is 2. The number of aliphatic hydroxyl groups excluding tert-OH is 2. The van der Waals surface area contributed by atoms with Gasteiger partial charge in [-0.2, -0.15) is 0 Å². The summed E-state index contributed by atoms with van der Waals surface area (Å²) >= 11 is 12.1. The summed E-state index contributed by atoms with van der Waals surface area (Å²) in [7, 11) is -2.07. The summed E-state index contributed by atoms with van der Waals surface area (Å²) in [5, 5.41) is 29.1. The Bertz CT molecular complexity index is 1390. The van der Waals surface area contributed by atoms with Crippen LogP contribution in [0.2, 0.25) is 10.0 Å². The van der Waals surface area contributed by atoms with Crippen molar-refractivity contribution in [1.29, 1.82) is 0 Å². The van der Waals surface area contributed by atoms with Gasteiger partial charge in [0.1, 0.15) is 36.7 Å². The number of hydrogen-bond acceptors (Lipinski definition) is 9. The number of aliphatic hydroxyl groups is 2. The Kier molecular flexibility index (Phi) is 9.82. The van der Waals surface area contributed by atoms with Crippen molar-refractivity contribution in [3.05, 3.63) is 64.0 Å². The molecule has 0 aliphatic carbocycles. The summed E-state index contributed by atoms with van der Waals surface area (Å²) in [6.45, 7) is 0.283. The van der Waals surface area contributed by atoms with Crippen molar-refractivity contribution < 1.29 is 46.6 Å². The van der Waals surface area contributed by atoms with Crippen LogP contribution in [-0.4, -0.2) is 79.0 Å². The highest BCUT2D eigenvalue weighted by Gasteiger charge is 2.50. The largest absolute Gasteiger partial charge is 0.464 e. The Labute approximate surface area is 238 Å². The smallest absolute Gasteiger partial charge is 0.332 e. The molecule has 2 heterocycles. The molecule has 0 unspecified atom stereocenters. The zero-order chi connectivity index (χ0) is 29.1. The van der Waals surface area contributed by atoms with Gasteiger partial charge in [0.2, 0.25) is 0 Å². The van der Waals surface area contributed by atoms with E-state index in [1.54, 1.807) is 6.92 Å². The van der Waals surface area contributed by atoms with E-state index >= 15 is 0 Å². The highest BCUT2D eigenvalue weighted by molar-refractivity contribution is 7.85. The average Bonchev–Trinajstić information content (AvgIpc) is 3.41. The molecule has 16 heteroatoms. The summed E-state index contributed by atoms with van der Waals surface area (Å²) in [5.74, 6) is -5.34. The Morgan fingerprint density at radius 3 is 2.50 bits per heavy atom. The van der Waals surface area contributed by atoms with E-state index in [0.717, 1.165) is 4.68 Å². The van der Waals surface area contributed by atoms with Crippen LogP contribution in [0.5, 0.6) is 0 Å². The maximum absolute atomic E-state index is 13.8. The van der Waals surface area contributed by atoms with Crippen molar-refractivity contribution in [1.82, 2.24) is 15.0 Å². The fraction of sp³-hybridized carbons (Fsp3) is 0.375. The number of ether oxygens (including phenoxy) is 3. The zero-order valence-electron chi connectivity index (χ0n) is 20.5. The van der Waals surface area contributed by atoms with Gasteiger partial charge >= 0.3 is 5.97 Å². The van der Waals surface area contributed by atoms with Crippen LogP contribution in [0.15, 0.2) is 41.4 Å². The highest BCUT2D eigenvalue weighted by Crippen LogP contribution is 2.37. The fourth-order valence-corrected chi connectivity index (χ4v) is 5.87. The number of esters is 1. The van der Waals surface area contributed by atoms with Crippen molar-refractivity contribution in [2.45, 2.75) is 41.6 Å². The molecule has 6 atom stereocenters. The van der Waals surface area contributed by atoms with Crippen molar-refractivity contribution in [2.24, 2.45) is 0 Å². The Morgan fingerprint density at radius 1 is 1.18 bits per heavy atom. The van der Waals surface area contributed by atoms with Crippen LogP contribution in [0.1, 0.15) is 13.0 Å². The van der Waals surface area contributed by atoms with Gasteiger partial charge in [0.05, 0.1) is 40.3 Å². The summed E-state index contributed by atoms with van der Waals surface area (Å²) in [6.07, 6.45) is -3.07. The van der Waals surface area contributed by atoms with Gasteiger partial charge < -0.3 is 24.4 Å². The molecule has 1 saturated heterocycles. The molecular weight excluding hydrogens is 602 g/mol. The molecule has 0 amide bonds. The lowest BCUT2D eigenvalue weighted by Crippen LogP contribution is -2.58.